The first-order chi connectivity index (χ1) is 22.5. The van der Waals surface area contributed by atoms with Crippen LogP contribution in [0.3, 0.4) is 0 Å². The number of unbranched alkanes of at least 4 members (excludes halogenated alkanes) is 2. The Labute approximate surface area is 278 Å². The van der Waals surface area contributed by atoms with Crippen molar-refractivity contribution in [3.8, 4) is 23.0 Å². The highest BCUT2D eigenvalue weighted by Crippen LogP contribution is 2.43. The van der Waals surface area contributed by atoms with Crippen LogP contribution in [0.15, 0.2) is 65.6 Å². The Morgan fingerprint density at radius 2 is 1.51 bits per heavy atom. The van der Waals surface area contributed by atoms with Crippen LogP contribution in [0.4, 0.5) is 0 Å². The average Bonchev–Trinajstić information content (AvgIpc) is 3.08. The number of benzene rings is 3. The third-order valence-corrected chi connectivity index (χ3v) is 9.30. The molecule has 1 aliphatic heterocycles. The topological polar surface area (TPSA) is 141 Å². The normalized spacial score (nSPS) is 17.0. The number of aliphatic hydroxyl groups is 1. The predicted molar refractivity (Wildman–Crippen MR) is 176 cm³/mol. The minimum Gasteiger partial charge on any atom is -0.744 e. The van der Waals surface area contributed by atoms with E-state index in [9.17, 15) is 17.8 Å². The number of quaternary nitrogens is 1. The van der Waals surface area contributed by atoms with Crippen molar-refractivity contribution in [3.05, 3.63) is 77.4 Å². The Hall–Kier alpha value is -3.84. The van der Waals surface area contributed by atoms with Crippen LogP contribution in [0.2, 0.25) is 0 Å². The van der Waals surface area contributed by atoms with Gasteiger partial charge in [-0.3, -0.25) is 4.79 Å². The van der Waals surface area contributed by atoms with Gasteiger partial charge in [0.25, 0.3) is 0 Å². The summed E-state index contributed by atoms with van der Waals surface area (Å²) >= 11 is 0. The van der Waals surface area contributed by atoms with Crippen molar-refractivity contribution in [1.29, 1.82) is 0 Å². The van der Waals surface area contributed by atoms with Crippen LogP contribution in [0.5, 0.6) is 23.0 Å². The Morgan fingerprint density at radius 3 is 2.11 bits per heavy atom. The lowest BCUT2D eigenvalue weighted by Crippen LogP contribution is -2.53. The Bertz CT molecular complexity index is 1550. The highest BCUT2D eigenvalue weighted by molar-refractivity contribution is 7.85. The molecule has 0 spiro atoms. The molecule has 3 aromatic rings. The second kappa shape index (κ2) is 17.9. The zero-order valence-electron chi connectivity index (χ0n) is 27.9. The van der Waals surface area contributed by atoms with Crippen molar-refractivity contribution in [2.24, 2.45) is 0 Å². The number of ether oxygens (including phenoxy) is 5. The smallest absolute Gasteiger partial charge is 0.311 e. The van der Waals surface area contributed by atoms with Gasteiger partial charge in [-0.1, -0.05) is 24.3 Å². The van der Waals surface area contributed by atoms with E-state index >= 15 is 0 Å². The standard InChI is InChI=1S/C29H42NO7.C6H6O3S/c1-30(14-12-29(32)37-16-8-6-7-15-31)13-11-22-19-27(35-4)28(36-5)20-23(22)24(30)17-21-9-10-25(33-2)26(18-21)34-3;7-10(8,9)6-4-2-1-3-5-6/h9-10,18-20,24,31H,6-8,11-17H2,1-5H3;1-5H,(H,7,8,9)/q+1;/p-1. The van der Waals surface area contributed by atoms with Gasteiger partial charge >= 0.3 is 5.97 Å². The minimum atomic E-state index is -4.25. The summed E-state index contributed by atoms with van der Waals surface area (Å²) in [5, 5.41) is 8.91. The van der Waals surface area contributed by atoms with Gasteiger partial charge in [0, 0.05) is 25.0 Å². The van der Waals surface area contributed by atoms with Gasteiger partial charge in [0.1, 0.15) is 16.2 Å². The third-order valence-electron chi connectivity index (χ3n) is 8.45. The van der Waals surface area contributed by atoms with Gasteiger partial charge in [0.2, 0.25) is 0 Å². The maximum absolute atomic E-state index is 12.6. The molecule has 0 aromatic heterocycles. The molecular formula is C35H47NO10S. The number of likely N-dealkylation sites (N-methyl/N-ethyl adjacent to an activating group) is 1. The number of aliphatic hydroxyl groups excluding tert-OH is 1. The first kappa shape index (κ1) is 37.6. The van der Waals surface area contributed by atoms with Crippen molar-refractivity contribution < 1.29 is 51.0 Å². The van der Waals surface area contributed by atoms with E-state index in [0.717, 1.165) is 50.0 Å². The van der Waals surface area contributed by atoms with E-state index in [2.05, 4.69) is 25.2 Å². The number of methoxy groups -OCH3 is 4. The van der Waals surface area contributed by atoms with Crippen LogP contribution in [-0.2, 0) is 32.5 Å². The minimum absolute atomic E-state index is 0.0963. The summed E-state index contributed by atoms with van der Waals surface area (Å²) in [6.45, 7) is 2.13. The molecule has 4 rings (SSSR count). The molecule has 0 amide bonds. The second-order valence-corrected chi connectivity index (χ2v) is 12.9. The van der Waals surface area contributed by atoms with Crippen LogP contribution >= 0.6 is 0 Å². The van der Waals surface area contributed by atoms with E-state index in [0.29, 0.717) is 41.3 Å². The summed E-state index contributed by atoms with van der Waals surface area (Å²) in [5.41, 5.74) is 3.57. The number of hydrogen-bond acceptors (Lipinski definition) is 10. The summed E-state index contributed by atoms with van der Waals surface area (Å²) in [4.78, 5) is 12.4. The molecule has 1 heterocycles. The number of carbonyl (C=O) groups excluding carboxylic acids is 1. The molecular weight excluding hydrogens is 626 g/mol. The molecule has 0 fully saturated rings. The molecule has 1 aliphatic rings. The molecule has 0 radical (unpaired) electrons. The van der Waals surface area contributed by atoms with Crippen LogP contribution in [0.25, 0.3) is 0 Å². The molecule has 0 saturated carbocycles. The molecule has 47 heavy (non-hydrogen) atoms. The molecule has 0 bridgehead atoms. The Kier molecular flexibility index (Phi) is 14.3. The van der Waals surface area contributed by atoms with Gasteiger partial charge in [-0.05, 0) is 66.8 Å². The summed E-state index contributed by atoms with van der Waals surface area (Å²) in [7, 11) is 4.56. The summed E-state index contributed by atoms with van der Waals surface area (Å²) in [6.07, 6.45) is 4.35. The van der Waals surface area contributed by atoms with Gasteiger partial charge in [-0.15, -0.1) is 0 Å². The highest BCUT2D eigenvalue weighted by atomic mass is 32.2. The fourth-order valence-corrected chi connectivity index (χ4v) is 6.23. The largest absolute Gasteiger partial charge is 0.744 e. The Morgan fingerprint density at radius 1 is 0.872 bits per heavy atom. The molecule has 2 atom stereocenters. The maximum atomic E-state index is 12.6. The number of nitrogens with zero attached hydrogens (tertiary/aromatic N) is 1. The van der Waals surface area contributed by atoms with Gasteiger partial charge in [-0.2, -0.15) is 0 Å². The van der Waals surface area contributed by atoms with Crippen molar-refractivity contribution in [3.63, 3.8) is 0 Å². The monoisotopic (exact) mass is 673 g/mol. The molecule has 0 aliphatic carbocycles. The van der Waals surface area contributed by atoms with Gasteiger partial charge in [-0.25, -0.2) is 8.42 Å². The Balaban J connectivity index is 0.000000511. The molecule has 11 nitrogen and oxygen atoms in total. The SMILES string of the molecule is COc1ccc(CC2c3cc(OC)c(OC)cc3CC[N+]2(C)CCC(=O)OCCCCCO)cc1OC.O=S(=O)([O-])c1ccccc1. The van der Waals surface area contributed by atoms with E-state index in [1.54, 1.807) is 34.5 Å². The molecule has 3 aromatic carbocycles. The quantitative estimate of drug-likeness (QED) is 0.105. The average molecular weight is 674 g/mol. The predicted octanol–water partition coefficient (Wildman–Crippen LogP) is 4.69. The van der Waals surface area contributed by atoms with E-state index in [-0.39, 0.29) is 23.5 Å². The van der Waals surface area contributed by atoms with E-state index < -0.39 is 10.1 Å². The first-order valence-electron chi connectivity index (χ1n) is 15.6. The van der Waals surface area contributed by atoms with Crippen molar-refractivity contribution in [1.82, 2.24) is 0 Å². The fourth-order valence-electron chi connectivity index (χ4n) is 5.74. The summed E-state index contributed by atoms with van der Waals surface area (Å²) in [6, 6.07) is 17.5. The van der Waals surface area contributed by atoms with Gasteiger partial charge in [0.05, 0.1) is 66.5 Å². The van der Waals surface area contributed by atoms with Gasteiger partial charge in [0.15, 0.2) is 23.0 Å². The zero-order chi connectivity index (χ0) is 34.5. The van der Waals surface area contributed by atoms with Crippen molar-refractivity contribution in [2.75, 3.05) is 61.8 Å². The molecule has 0 saturated heterocycles. The van der Waals surface area contributed by atoms with Crippen molar-refractivity contribution in [2.45, 2.75) is 49.5 Å². The summed E-state index contributed by atoms with van der Waals surface area (Å²) in [5.74, 6) is 2.65. The zero-order valence-corrected chi connectivity index (χ0v) is 28.7. The van der Waals surface area contributed by atoms with Crippen LogP contribution in [0.1, 0.15) is 48.4 Å². The molecule has 258 valence electrons. The highest BCUT2D eigenvalue weighted by Gasteiger charge is 2.40. The first-order valence-corrected chi connectivity index (χ1v) is 17.0. The summed E-state index contributed by atoms with van der Waals surface area (Å²) < 4.78 is 59.2. The lowest BCUT2D eigenvalue weighted by molar-refractivity contribution is -0.940. The van der Waals surface area contributed by atoms with Gasteiger partial charge < -0.3 is 37.8 Å². The van der Waals surface area contributed by atoms with E-state index in [1.165, 1.54) is 35.4 Å². The molecule has 2 unspecified atom stereocenters. The molecule has 1 N–H and O–H groups in total. The van der Waals surface area contributed by atoms with Crippen LogP contribution < -0.4 is 18.9 Å². The number of hydrogen-bond donors (Lipinski definition) is 1. The van der Waals surface area contributed by atoms with Crippen LogP contribution in [0, 0.1) is 0 Å². The van der Waals surface area contributed by atoms with Crippen LogP contribution in [-0.4, -0.2) is 90.3 Å². The third kappa shape index (κ3) is 10.6. The number of fused-ring (bicyclic) bond motifs is 1. The van der Waals surface area contributed by atoms with E-state index in [1.807, 2.05) is 12.1 Å². The maximum Gasteiger partial charge on any atom is 0.311 e. The second-order valence-electron chi connectivity index (χ2n) is 11.5. The molecule has 12 heteroatoms. The lowest BCUT2D eigenvalue weighted by Gasteiger charge is -2.46. The lowest BCUT2D eigenvalue weighted by atomic mass is 9.86. The number of carbonyl (C=O) groups is 1. The number of rotatable bonds is 15. The van der Waals surface area contributed by atoms with Crippen molar-refractivity contribution >= 4 is 16.1 Å². The fraction of sp³-hybridized carbons (Fsp3) is 0.457. The number of esters is 1. The van der Waals surface area contributed by atoms with E-state index in [4.69, 9.17) is 28.8 Å².